The van der Waals surface area contributed by atoms with Crippen molar-refractivity contribution in [3.05, 3.63) is 29.3 Å². The fourth-order valence-electron chi connectivity index (χ4n) is 1.55. The maximum absolute atomic E-state index is 4.44. The Bertz CT molecular complexity index is 537. The second-order valence-electron chi connectivity index (χ2n) is 3.11. The van der Waals surface area contributed by atoms with Crippen LogP contribution in [-0.2, 0) is 0 Å². The van der Waals surface area contributed by atoms with Crippen LogP contribution in [0, 0.1) is 0 Å². The quantitative estimate of drug-likeness (QED) is 0.639. The fraction of sp³-hybridized carbons (Fsp3) is 0.0909. The molecule has 0 N–H and O–H groups in total. The summed E-state index contributed by atoms with van der Waals surface area (Å²) in [5.41, 5.74) is 2.05. The fourth-order valence-corrected chi connectivity index (χ4v) is 2.59. The van der Waals surface area contributed by atoms with Crippen molar-refractivity contribution in [3.63, 3.8) is 0 Å². The van der Waals surface area contributed by atoms with Gasteiger partial charge in [0, 0.05) is 18.8 Å². The highest BCUT2D eigenvalue weighted by molar-refractivity contribution is 7.20. The molecule has 0 amide bonds. The summed E-state index contributed by atoms with van der Waals surface area (Å²) < 4.78 is 1.21. The predicted octanol–water partition coefficient (Wildman–Crippen LogP) is 3.42. The summed E-state index contributed by atoms with van der Waals surface area (Å²) in [5.74, 6) is 0. The van der Waals surface area contributed by atoms with Crippen LogP contribution < -0.4 is 0 Å². The van der Waals surface area contributed by atoms with Gasteiger partial charge in [0.05, 0.1) is 9.58 Å². The van der Waals surface area contributed by atoms with Gasteiger partial charge in [-0.05, 0) is 18.2 Å². The summed E-state index contributed by atoms with van der Waals surface area (Å²) in [6, 6.07) is 4.05. The van der Waals surface area contributed by atoms with Gasteiger partial charge in [-0.3, -0.25) is 9.98 Å². The number of fused-ring (bicyclic) bond motifs is 3. The third-order valence-electron chi connectivity index (χ3n) is 2.18. The zero-order valence-electron chi connectivity index (χ0n) is 7.47. The normalized spacial score (nSPS) is 14.3. The molecule has 0 fully saturated rings. The molecule has 0 unspecified atom stereocenters. The molecule has 0 saturated heterocycles. The number of hydrogen-bond donors (Lipinski definition) is 0. The molecule has 14 heavy (non-hydrogen) atoms. The summed E-state index contributed by atoms with van der Waals surface area (Å²) in [4.78, 5) is 10.0. The van der Waals surface area contributed by atoms with Crippen LogP contribution in [0.1, 0.15) is 11.3 Å². The van der Waals surface area contributed by atoms with Gasteiger partial charge in [-0.15, -0.1) is 11.3 Å². The van der Waals surface area contributed by atoms with Crippen LogP contribution in [0.15, 0.2) is 29.4 Å². The summed E-state index contributed by atoms with van der Waals surface area (Å²) in [7, 11) is 0. The Balaban J connectivity index is 2.41. The largest absolute Gasteiger partial charge is 0.257 e. The first-order valence-corrected chi connectivity index (χ1v) is 5.33. The van der Waals surface area contributed by atoms with Crippen molar-refractivity contribution in [2.24, 2.45) is 4.99 Å². The Morgan fingerprint density at radius 2 is 2.36 bits per heavy atom. The van der Waals surface area contributed by atoms with Crippen LogP contribution in [-0.4, -0.2) is 11.2 Å². The third-order valence-corrected chi connectivity index (χ3v) is 3.28. The van der Waals surface area contributed by atoms with E-state index >= 15 is 0 Å². The van der Waals surface area contributed by atoms with Gasteiger partial charge in [-0.25, -0.2) is 0 Å². The summed E-state index contributed by atoms with van der Waals surface area (Å²) in [6.45, 7) is 0. The van der Waals surface area contributed by atoms with E-state index in [1.807, 2.05) is 18.5 Å². The topological polar surface area (TPSA) is 25.2 Å². The van der Waals surface area contributed by atoms with Crippen LogP contribution >= 0.6 is 11.3 Å². The highest BCUT2D eigenvalue weighted by atomic mass is 32.1. The molecule has 0 saturated carbocycles. The van der Waals surface area contributed by atoms with Crippen LogP contribution in [0.5, 0.6) is 0 Å². The van der Waals surface area contributed by atoms with E-state index in [0.717, 1.165) is 17.6 Å². The van der Waals surface area contributed by atoms with Crippen molar-refractivity contribution >= 4 is 39.5 Å². The number of thiophene rings is 1. The Hall–Kier alpha value is -1.48. The van der Waals surface area contributed by atoms with E-state index in [9.17, 15) is 0 Å². The molecule has 2 aromatic rings. The molecule has 1 aliphatic rings. The molecule has 3 rings (SSSR count). The van der Waals surface area contributed by atoms with Crippen molar-refractivity contribution in [1.29, 1.82) is 0 Å². The van der Waals surface area contributed by atoms with Crippen LogP contribution in [0.3, 0.4) is 0 Å². The minimum Gasteiger partial charge on any atom is -0.257 e. The van der Waals surface area contributed by atoms with E-state index in [1.54, 1.807) is 11.3 Å². The average Bonchev–Trinajstić information content (AvgIpc) is 2.42. The van der Waals surface area contributed by atoms with E-state index in [4.69, 9.17) is 0 Å². The summed E-state index contributed by atoms with van der Waals surface area (Å²) >= 11 is 1.75. The van der Waals surface area contributed by atoms with E-state index < -0.39 is 0 Å². The minimum absolute atomic E-state index is 0.912. The molecule has 0 aliphatic carbocycles. The maximum Gasteiger partial charge on any atom is 0.107 e. The highest BCUT2D eigenvalue weighted by Gasteiger charge is 2.10. The monoisotopic (exact) mass is 200 g/mol. The Kier molecular flexibility index (Phi) is 1.70. The van der Waals surface area contributed by atoms with Crippen molar-refractivity contribution < 1.29 is 0 Å². The van der Waals surface area contributed by atoms with Crippen molar-refractivity contribution in [3.8, 4) is 0 Å². The van der Waals surface area contributed by atoms with Gasteiger partial charge in [0.25, 0.3) is 0 Å². The second-order valence-corrected chi connectivity index (χ2v) is 4.20. The lowest BCUT2D eigenvalue weighted by atomic mass is 10.3. The number of aromatic nitrogens is 1. The molecule has 0 spiro atoms. The first-order valence-electron chi connectivity index (χ1n) is 4.52. The van der Waals surface area contributed by atoms with E-state index in [-0.39, 0.29) is 0 Å². The van der Waals surface area contributed by atoms with Crippen molar-refractivity contribution in [2.45, 2.75) is 6.42 Å². The first kappa shape index (κ1) is 7.88. The molecule has 0 radical (unpaired) electrons. The van der Waals surface area contributed by atoms with Gasteiger partial charge >= 0.3 is 0 Å². The lowest BCUT2D eigenvalue weighted by molar-refractivity contribution is 1.41. The van der Waals surface area contributed by atoms with Gasteiger partial charge in [-0.1, -0.05) is 6.08 Å². The van der Waals surface area contributed by atoms with Crippen LogP contribution in [0.2, 0.25) is 0 Å². The number of hydrogen-bond acceptors (Lipinski definition) is 3. The molecule has 3 heteroatoms. The molecule has 2 aromatic heterocycles. The molecule has 0 bridgehead atoms. The molecule has 0 aromatic carbocycles. The number of pyridine rings is 1. The molecular weight excluding hydrogens is 192 g/mol. The molecule has 0 atom stereocenters. The summed E-state index contributed by atoms with van der Waals surface area (Å²) in [5, 5.41) is 0. The molecule has 3 heterocycles. The molecule has 1 aliphatic heterocycles. The Morgan fingerprint density at radius 1 is 1.36 bits per heavy atom. The average molecular weight is 200 g/mol. The van der Waals surface area contributed by atoms with Crippen LogP contribution in [0.25, 0.3) is 16.3 Å². The zero-order chi connectivity index (χ0) is 9.38. The van der Waals surface area contributed by atoms with E-state index in [2.05, 4.69) is 28.2 Å². The number of nitrogens with zero attached hydrogens (tertiary/aromatic N) is 2. The standard InChI is InChI=1S/C11H8N2S/c1-2-6-12-10-8(4-1)14-9-5-3-7-13-11(9)10/h1,3-7H,2H2. The van der Waals surface area contributed by atoms with Crippen molar-refractivity contribution in [1.82, 2.24) is 4.98 Å². The lowest BCUT2D eigenvalue weighted by Gasteiger charge is -1.89. The predicted molar refractivity (Wildman–Crippen MR) is 61.4 cm³/mol. The highest BCUT2D eigenvalue weighted by Crippen LogP contribution is 2.37. The van der Waals surface area contributed by atoms with E-state index in [1.165, 1.54) is 9.58 Å². The van der Waals surface area contributed by atoms with Gasteiger partial charge in [0.2, 0.25) is 0 Å². The molecule has 68 valence electrons. The number of rotatable bonds is 0. The minimum atomic E-state index is 0.912. The first-order chi connectivity index (χ1) is 6.95. The lowest BCUT2D eigenvalue weighted by Crippen LogP contribution is -1.71. The van der Waals surface area contributed by atoms with E-state index in [0.29, 0.717) is 0 Å². The number of aliphatic imine (C=N–C) groups is 1. The Morgan fingerprint density at radius 3 is 3.36 bits per heavy atom. The van der Waals surface area contributed by atoms with Crippen molar-refractivity contribution in [2.75, 3.05) is 0 Å². The maximum atomic E-state index is 4.44. The smallest absolute Gasteiger partial charge is 0.107 e. The summed E-state index contributed by atoms with van der Waals surface area (Å²) in [6.07, 6.45) is 8.93. The zero-order valence-corrected chi connectivity index (χ0v) is 8.29. The van der Waals surface area contributed by atoms with Gasteiger partial charge in [0.15, 0.2) is 0 Å². The second kappa shape index (κ2) is 3.03. The van der Waals surface area contributed by atoms with Gasteiger partial charge in [-0.2, -0.15) is 0 Å². The molecule has 2 nitrogen and oxygen atoms in total. The van der Waals surface area contributed by atoms with Gasteiger partial charge in [0.1, 0.15) is 11.2 Å². The number of allylic oxidation sites excluding steroid dienone is 1. The SMILES string of the molecule is C1=Cc2sc3cccnc3c2N=CC1. The van der Waals surface area contributed by atoms with Crippen LogP contribution in [0.4, 0.5) is 5.69 Å². The third kappa shape index (κ3) is 1.09. The van der Waals surface area contributed by atoms with Gasteiger partial charge < -0.3 is 0 Å². The molecular formula is C11H8N2S. The Labute approximate surface area is 85.6 Å².